The highest BCUT2D eigenvalue weighted by atomic mass is 19.4. The Kier molecular flexibility index (Phi) is 43.3. The predicted octanol–water partition coefficient (Wildman–Crippen LogP) is -4.49. The van der Waals surface area contributed by atoms with Gasteiger partial charge in [-0.1, -0.05) is 87.8 Å². The molecular weight excluding hydrogens is 1530 g/mol. The standard InChI is InChI=1S/C70H113N17O21.C2HF3O2/c1-11-39(10)58(86-60(97)43(23-24-50(72)90)78-65(102)55(36(4)5)83-63(100)48(34-88)77-53(93)33-75-51(91)31-74-52(92)32-76-59(96)42-17-14-26-73-42)68(105)85-57(38(8)9)67(104)80-45(29-40-19-21-41(89)22-20-40)61(98)79-44(16-12-13-25-71)69(106)87-27-15-18-49(87)64(101)84-56(37(6)7)66(103)81-46(30-54(94)95)62(99)82-47(70(107)108)28-35(2)3;3-2(4,5)1(6)7/h19-22,35-39,42-49,55-58,73,88-89H,11-18,23-34,71H2,1-10H3,(H2,72,90)(H,74,92)(H,75,91)(H,76,96)(H,77,93)(H,78,102)(H,79,98)(H,80,104)(H,81,103)(H,82,99)(H,83,100)(H,84,101)(H,85,105)(H,86,97)(H,94,95)(H,107,108);(H,6,7)/t39-,42-,43-,44-,45-,46-,47-,48-,49-,55-,56-,57-,58-;/m0./s1. The molecule has 115 heavy (non-hydrogen) atoms. The second kappa shape index (κ2) is 49.7. The summed E-state index contributed by atoms with van der Waals surface area (Å²) in [6.07, 6.45) is -4.57. The molecule has 0 radical (unpaired) electrons. The van der Waals surface area contributed by atoms with Crippen molar-refractivity contribution < 1.29 is 125 Å². The number of amides is 15. The van der Waals surface area contributed by atoms with Gasteiger partial charge in [-0.2, -0.15) is 13.2 Å². The second-order valence-corrected chi connectivity index (χ2v) is 29.3. The Morgan fingerprint density at radius 3 is 1.50 bits per heavy atom. The van der Waals surface area contributed by atoms with Gasteiger partial charge in [-0.05, 0) is 118 Å². The molecule has 0 saturated carbocycles. The van der Waals surface area contributed by atoms with E-state index in [2.05, 4.69) is 74.4 Å². The maximum Gasteiger partial charge on any atom is 0.490 e. The number of carboxylic acid groups (broad SMARTS) is 3. The average molecular weight is 1640 g/mol. The Balaban J connectivity index is 0.00000610. The van der Waals surface area contributed by atoms with E-state index in [1.165, 1.54) is 43.0 Å². The van der Waals surface area contributed by atoms with E-state index in [9.17, 15) is 115 Å². The maximum atomic E-state index is 14.9. The van der Waals surface area contributed by atoms with Crippen LogP contribution >= 0.6 is 0 Å². The van der Waals surface area contributed by atoms with Crippen LogP contribution in [0.4, 0.5) is 13.2 Å². The van der Waals surface area contributed by atoms with Gasteiger partial charge < -0.3 is 116 Å². The number of primary amides is 1. The maximum absolute atomic E-state index is 14.9. The van der Waals surface area contributed by atoms with Crippen molar-refractivity contribution >= 4 is 107 Å². The number of phenols is 1. The van der Waals surface area contributed by atoms with Crippen molar-refractivity contribution in [3.8, 4) is 5.75 Å². The molecule has 15 amide bonds. The molecule has 2 fully saturated rings. The van der Waals surface area contributed by atoms with E-state index in [1.807, 2.05) is 0 Å². The molecule has 23 N–H and O–H groups in total. The first-order valence-corrected chi connectivity index (χ1v) is 37.8. The van der Waals surface area contributed by atoms with Crippen LogP contribution in [0.5, 0.6) is 5.75 Å². The average Bonchev–Trinajstić information content (AvgIpc) is 1.75. The Hall–Kier alpha value is -10.8. The monoisotopic (exact) mass is 1640 g/mol. The summed E-state index contributed by atoms with van der Waals surface area (Å²) in [6, 6.07) is -11.3. The fraction of sp³-hybridized carbons (Fsp3) is 0.667. The molecule has 646 valence electrons. The van der Waals surface area contributed by atoms with Crippen molar-refractivity contribution in [3.05, 3.63) is 29.8 Å². The zero-order valence-electron chi connectivity index (χ0n) is 66.1. The van der Waals surface area contributed by atoms with Crippen LogP contribution in [0.3, 0.4) is 0 Å². The zero-order chi connectivity index (χ0) is 87.3. The van der Waals surface area contributed by atoms with Crippen LogP contribution in [0.25, 0.3) is 0 Å². The molecule has 40 nitrogen and oxygen atoms in total. The molecule has 1 aromatic carbocycles. The first-order valence-electron chi connectivity index (χ1n) is 37.8. The molecule has 0 aromatic heterocycles. The number of halogens is 3. The van der Waals surface area contributed by atoms with Crippen LogP contribution in [0.15, 0.2) is 24.3 Å². The van der Waals surface area contributed by atoms with E-state index < -0.39 is 248 Å². The number of carbonyl (C=O) groups is 18. The topological polar surface area (TPSA) is 632 Å². The summed E-state index contributed by atoms with van der Waals surface area (Å²) in [4.78, 5) is 239. The van der Waals surface area contributed by atoms with Gasteiger partial charge in [0.05, 0.1) is 38.7 Å². The van der Waals surface area contributed by atoms with Gasteiger partial charge in [0.2, 0.25) is 88.6 Å². The molecule has 2 saturated heterocycles. The number of aromatic hydroxyl groups is 1. The highest BCUT2D eigenvalue weighted by molar-refractivity contribution is 6.01. The van der Waals surface area contributed by atoms with Crippen molar-refractivity contribution in [3.63, 3.8) is 0 Å². The highest BCUT2D eigenvalue weighted by Gasteiger charge is 2.43. The number of unbranched alkanes of at least 4 members (excludes halogenated alkanes) is 1. The van der Waals surface area contributed by atoms with E-state index in [0.717, 1.165) is 6.42 Å². The van der Waals surface area contributed by atoms with E-state index >= 15 is 0 Å². The van der Waals surface area contributed by atoms with Crippen molar-refractivity contribution in [1.29, 1.82) is 0 Å². The first-order chi connectivity index (χ1) is 53.8. The minimum Gasteiger partial charge on any atom is -0.508 e. The number of hydrogen-bond acceptors (Lipinski definition) is 22. The van der Waals surface area contributed by atoms with Crippen LogP contribution in [-0.2, 0) is 92.7 Å². The molecule has 0 spiro atoms. The Labute approximate surface area is 662 Å². The lowest BCUT2D eigenvalue weighted by Crippen LogP contribution is -2.62. The predicted molar refractivity (Wildman–Crippen MR) is 401 cm³/mol. The summed E-state index contributed by atoms with van der Waals surface area (Å²) in [5.74, 6) is -22.0. The number of hydrogen-bond donors (Lipinski definition) is 21. The zero-order valence-corrected chi connectivity index (χ0v) is 66.1. The Morgan fingerprint density at radius 1 is 0.539 bits per heavy atom. The summed E-state index contributed by atoms with van der Waals surface area (Å²) in [6.45, 7) is 14.2. The molecular formula is C72H114F3N17O23. The number of aliphatic carboxylic acids is 3. The van der Waals surface area contributed by atoms with Crippen LogP contribution in [0.2, 0.25) is 0 Å². The number of likely N-dealkylation sites (tertiary alicyclic amines) is 1. The molecule has 0 aliphatic carbocycles. The summed E-state index contributed by atoms with van der Waals surface area (Å²) in [5.41, 5.74) is 11.7. The van der Waals surface area contributed by atoms with Crippen molar-refractivity contribution in [1.82, 2.24) is 79.3 Å². The lowest BCUT2D eigenvalue weighted by Gasteiger charge is -2.32. The van der Waals surface area contributed by atoms with Gasteiger partial charge in [0.15, 0.2) is 0 Å². The number of aliphatic hydroxyl groups excluding tert-OH is 1. The van der Waals surface area contributed by atoms with Gasteiger partial charge in [0, 0.05) is 19.4 Å². The number of nitrogens with one attached hydrogen (secondary N) is 14. The van der Waals surface area contributed by atoms with Gasteiger partial charge in [0.1, 0.15) is 72.2 Å². The summed E-state index contributed by atoms with van der Waals surface area (Å²) in [5, 5.41) is 81.9. The SMILES string of the molecule is CC[C@H](C)[C@H](NC(=O)[C@H](CCC(N)=O)NC(=O)[C@@H](NC(=O)[C@H](CO)NC(=O)CNC(=O)CNC(=O)CNC(=O)[C@@H]1CCCN1)C(C)C)C(=O)N[C@H](C(=O)N[C@@H](Cc1ccc(O)cc1)C(=O)N[C@@H](CCCCN)C(=O)N1CCC[C@H]1C(=O)N[C@H](C(=O)N[C@@H](CC(=O)O)C(=O)N[C@@H](CC(C)C)C(=O)O)C(C)C)C(C)C.O=C(O)C(F)(F)F. The third-order valence-corrected chi connectivity index (χ3v) is 18.4. The molecule has 2 aliphatic rings. The van der Waals surface area contributed by atoms with Crippen LogP contribution < -0.4 is 85.9 Å². The molecule has 43 heteroatoms. The van der Waals surface area contributed by atoms with Crippen LogP contribution in [-0.4, -0.2) is 262 Å². The highest BCUT2D eigenvalue weighted by Crippen LogP contribution is 2.23. The molecule has 1 aromatic rings. The minimum atomic E-state index is -5.08. The third kappa shape index (κ3) is 36.0. The smallest absolute Gasteiger partial charge is 0.490 e. The van der Waals surface area contributed by atoms with Gasteiger partial charge in [-0.15, -0.1) is 0 Å². The van der Waals surface area contributed by atoms with E-state index in [4.69, 9.17) is 21.4 Å². The van der Waals surface area contributed by atoms with Crippen molar-refractivity contribution in [2.24, 2.45) is 41.1 Å². The van der Waals surface area contributed by atoms with E-state index in [-0.39, 0.29) is 75.6 Å². The Morgan fingerprint density at radius 2 is 1.01 bits per heavy atom. The summed E-state index contributed by atoms with van der Waals surface area (Å²) in [7, 11) is 0. The largest absolute Gasteiger partial charge is 0.508 e. The number of phenolic OH excluding ortho intramolecular Hbond substituents is 1. The number of carboxylic acids is 3. The molecule has 13 atom stereocenters. The van der Waals surface area contributed by atoms with Crippen molar-refractivity contribution in [2.75, 3.05) is 45.9 Å². The summed E-state index contributed by atoms with van der Waals surface area (Å²) < 4.78 is 31.7. The fourth-order valence-electron chi connectivity index (χ4n) is 11.7. The molecule has 0 unspecified atom stereocenters. The van der Waals surface area contributed by atoms with E-state index in [1.54, 1.807) is 55.4 Å². The lowest BCUT2D eigenvalue weighted by atomic mass is 9.95. The molecule has 0 bridgehead atoms. The van der Waals surface area contributed by atoms with Crippen molar-refractivity contribution in [2.45, 2.75) is 231 Å². The van der Waals surface area contributed by atoms with Crippen LogP contribution in [0.1, 0.15) is 152 Å². The van der Waals surface area contributed by atoms with Gasteiger partial charge in [0.25, 0.3) is 0 Å². The second-order valence-electron chi connectivity index (χ2n) is 29.3. The molecule has 2 aliphatic heterocycles. The number of rotatable bonds is 47. The fourth-order valence-corrected chi connectivity index (χ4v) is 11.7. The molecule has 2 heterocycles. The normalized spacial score (nSPS) is 16.7. The number of benzene rings is 1. The third-order valence-electron chi connectivity index (χ3n) is 18.4. The van der Waals surface area contributed by atoms with Gasteiger partial charge in [-0.3, -0.25) is 76.7 Å². The number of nitrogens with two attached hydrogens (primary N) is 2. The minimum absolute atomic E-state index is 0.00396. The number of alkyl halides is 3. The van der Waals surface area contributed by atoms with Gasteiger partial charge >= 0.3 is 24.1 Å². The first kappa shape index (κ1) is 100. The quantitative estimate of drug-likeness (QED) is 0.0274. The summed E-state index contributed by atoms with van der Waals surface area (Å²) >= 11 is 0. The van der Waals surface area contributed by atoms with Crippen LogP contribution in [0, 0.1) is 29.6 Å². The number of carbonyl (C=O) groups excluding carboxylic acids is 15. The molecule has 3 rings (SSSR count). The lowest BCUT2D eigenvalue weighted by molar-refractivity contribution is -0.192. The van der Waals surface area contributed by atoms with Gasteiger partial charge in [-0.25, -0.2) is 9.59 Å². The Bertz CT molecular complexity index is 3530. The van der Waals surface area contributed by atoms with E-state index in [0.29, 0.717) is 24.9 Å². The number of nitrogens with zero attached hydrogens (tertiary/aromatic N) is 1. The number of aliphatic hydroxyl groups is 1.